The third kappa shape index (κ3) is 4.19. The van der Waals surface area contributed by atoms with Crippen molar-refractivity contribution in [2.45, 2.75) is 12.8 Å². The third-order valence-electron chi connectivity index (χ3n) is 5.71. The predicted molar refractivity (Wildman–Crippen MR) is 135 cm³/mol. The Morgan fingerprint density at radius 3 is 2.42 bits per heavy atom. The SMILES string of the molecule is Cc1ccsc1/C=C1\C(=O)Nc2cc(O)c(C(C#Cc3ccccc3)c3ccccc3)cc21. The monoisotopic (exact) mass is 447 g/mol. The van der Waals surface area contributed by atoms with Crippen LogP contribution in [0.5, 0.6) is 5.75 Å². The maximum absolute atomic E-state index is 12.8. The molecule has 160 valence electrons. The second kappa shape index (κ2) is 8.82. The average molecular weight is 448 g/mol. The molecular weight excluding hydrogens is 426 g/mol. The van der Waals surface area contributed by atoms with Gasteiger partial charge in [-0.2, -0.15) is 0 Å². The quantitative estimate of drug-likeness (QED) is 0.281. The number of hydrogen-bond acceptors (Lipinski definition) is 3. The minimum Gasteiger partial charge on any atom is -0.508 e. The van der Waals surface area contributed by atoms with E-state index in [9.17, 15) is 9.90 Å². The van der Waals surface area contributed by atoms with Gasteiger partial charge < -0.3 is 10.4 Å². The lowest BCUT2D eigenvalue weighted by atomic mass is 9.88. The van der Waals surface area contributed by atoms with Crippen LogP contribution >= 0.6 is 11.3 Å². The zero-order valence-electron chi connectivity index (χ0n) is 18.0. The molecule has 4 aromatic rings. The van der Waals surface area contributed by atoms with Crippen molar-refractivity contribution in [2.24, 2.45) is 0 Å². The smallest absolute Gasteiger partial charge is 0.256 e. The number of aryl methyl sites for hydroxylation is 1. The first-order valence-corrected chi connectivity index (χ1v) is 11.5. The van der Waals surface area contributed by atoms with Gasteiger partial charge in [0.2, 0.25) is 0 Å². The number of hydrogen-bond donors (Lipinski definition) is 2. The van der Waals surface area contributed by atoms with Crippen LogP contribution in [0.4, 0.5) is 5.69 Å². The molecule has 1 aliphatic rings. The van der Waals surface area contributed by atoms with E-state index in [1.807, 2.05) is 91.2 Å². The number of amides is 1. The zero-order chi connectivity index (χ0) is 22.8. The number of fused-ring (bicyclic) bond motifs is 1. The Morgan fingerprint density at radius 2 is 1.73 bits per heavy atom. The topological polar surface area (TPSA) is 49.3 Å². The normalized spacial score (nSPS) is 14.3. The molecule has 0 bridgehead atoms. The third-order valence-corrected chi connectivity index (χ3v) is 6.67. The second-order valence-corrected chi connectivity index (χ2v) is 8.86. The molecule has 1 aromatic heterocycles. The summed E-state index contributed by atoms with van der Waals surface area (Å²) in [5.74, 6) is 6.19. The molecule has 0 saturated heterocycles. The summed E-state index contributed by atoms with van der Waals surface area (Å²) in [6, 6.07) is 25.3. The van der Waals surface area contributed by atoms with Gasteiger partial charge in [0.1, 0.15) is 5.75 Å². The van der Waals surface area contributed by atoms with E-state index in [2.05, 4.69) is 17.2 Å². The number of phenolic OH excluding ortho intramolecular Hbond substituents is 1. The number of carbonyl (C=O) groups excluding carboxylic acids is 1. The molecular formula is C29H21NO2S. The van der Waals surface area contributed by atoms with E-state index in [1.165, 1.54) is 0 Å². The molecule has 4 heteroatoms. The highest BCUT2D eigenvalue weighted by Gasteiger charge is 2.28. The van der Waals surface area contributed by atoms with Crippen molar-refractivity contribution in [3.63, 3.8) is 0 Å². The highest BCUT2D eigenvalue weighted by atomic mass is 32.1. The number of anilines is 1. The first-order chi connectivity index (χ1) is 16.1. The first kappa shape index (κ1) is 20.8. The summed E-state index contributed by atoms with van der Waals surface area (Å²) in [6.45, 7) is 2.03. The van der Waals surface area contributed by atoms with E-state index in [-0.39, 0.29) is 17.6 Å². The van der Waals surface area contributed by atoms with Gasteiger partial charge in [-0.3, -0.25) is 4.79 Å². The van der Waals surface area contributed by atoms with E-state index in [1.54, 1.807) is 17.4 Å². The van der Waals surface area contributed by atoms with Crippen LogP contribution in [0.1, 0.15) is 38.6 Å². The Balaban J connectivity index is 1.64. The van der Waals surface area contributed by atoms with Crippen molar-refractivity contribution in [3.05, 3.63) is 117 Å². The van der Waals surface area contributed by atoms with E-state index in [0.717, 1.165) is 27.1 Å². The molecule has 33 heavy (non-hydrogen) atoms. The van der Waals surface area contributed by atoms with Crippen LogP contribution in [-0.2, 0) is 4.79 Å². The maximum atomic E-state index is 12.8. The van der Waals surface area contributed by atoms with Crippen molar-refractivity contribution < 1.29 is 9.90 Å². The Kier molecular flexibility index (Phi) is 5.56. The molecule has 0 spiro atoms. The van der Waals surface area contributed by atoms with E-state index < -0.39 is 0 Å². The molecule has 0 fully saturated rings. The van der Waals surface area contributed by atoms with Gasteiger partial charge in [-0.1, -0.05) is 60.4 Å². The number of rotatable bonds is 3. The highest BCUT2D eigenvalue weighted by Crippen LogP contribution is 2.41. The van der Waals surface area contributed by atoms with E-state index in [0.29, 0.717) is 16.8 Å². The molecule has 5 rings (SSSR count). The van der Waals surface area contributed by atoms with E-state index in [4.69, 9.17) is 0 Å². The second-order valence-electron chi connectivity index (χ2n) is 7.92. The van der Waals surface area contributed by atoms with Crippen molar-refractivity contribution in [3.8, 4) is 17.6 Å². The summed E-state index contributed by atoms with van der Waals surface area (Å²) >= 11 is 1.60. The van der Waals surface area contributed by atoms with Crippen LogP contribution in [0.2, 0.25) is 0 Å². The molecule has 0 aliphatic carbocycles. The van der Waals surface area contributed by atoms with Gasteiger partial charge in [-0.05, 0) is 53.8 Å². The van der Waals surface area contributed by atoms with Crippen molar-refractivity contribution >= 4 is 34.6 Å². The van der Waals surface area contributed by atoms with Crippen LogP contribution in [0.15, 0.2) is 84.2 Å². The summed E-state index contributed by atoms with van der Waals surface area (Å²) in [6.07, 6.45) is 1.93. The fraction of sp³-hybridized carbons (Fsp3) is 0.0690. The number of phenols is 1. The molecule has 0 radical (unpaired) electrons. The largest absolute Gasteiger partial charge is 0.508 e. The lowest BCUT2D eigenvalue weighted by molar-refractivity contribution is -0.110. The first-order valence-electron chi connectivity index (χ1n) is 10.7. The number of benzene rings is 3. The summed E-state index contributed by atoms with van der Waals surface area (Å²) < 4.78 is 0. The van der Waals surface area contributed by atoms with Gasteiger partial charge in [0.25, 0.3) is 5.91 Å². The lowest BCUT2D eigenvalue weighted by Crippen LogP contribution is -2.03. The van der Waals surface area contributed by atoms with Gasteiger partial charge in [0.15, 0.2) is 0 Å². The molecule has 2 heterocycles. The van der Waals surface area contributed by atoms with Gasteiger partial charge in [-0.25, -0.2) is 0 Å². The highest BCUT2D eigenvalue weighted by molar-refractivity contribution is 7.11. The number of aromatic hydroxyl groups is 1. The van der Waals surface area contributed by atoms with Crippen LogP contribution in [0.3, 0.4) is 0 Å². The Hall–Kier alpha value is -4.07. The molecule has 3 nitrogen and oxygen atoms in total. The van der Waals surface area contributed by atoms with Gasteiger partial charge in [0, 0.05) is 27.6 Å². The van der Waals surface area contributed by atoms with E-state index >= 15 is 0 Å². The Bertz CT molecular complexity index is 1420. The fourth-order valence-electron chi connectivity index (χ4n) is 3.94. The van der Waals surface area contributed by atoms with Gasteiger partial charge in [-0.15, -0.1) is 11.3 Å². The molecule has 0 saturated carbocycles. The van der Waals surface area contributed by atoms with Crippen molar-refractivity contribution in [1.29, 1.82) is 0 Å². The van der Waals surface area contributed by atoms with Crippen LogP contribution in [0, 0.1) is 18.8 Å². The average Bonchev–Trinajstić information content (AvgIpc) is 3.37. The lowest BCUT2D eigenvalue weighted by Gasteiger charge is -2.15. The number of carbonyl (C=O) groups is 1. The Morgan fingerprint density at radius 1 is 1.00 bits per heavy atom. The van der Waals surface area contributed by atoms with Crippen molar-refractivity contribution in [2.75, 3.05) is 5.32 Å². The molecule has 1 amide bonds. The summed E-state index contributed by atoms with van der Waals surface area (Å²) in [4.78, 5) is 13.8. The summed E-state index contributed by atoms with van der Waals surface area (Å²) in [5.41, 5.74) is 5.68. The fourth-order valence-corrected chi connectivity index (χ4v) is 4.80. The number of nitrogens with one attached hydrogen (secondary N) is 1. The minimum atomic E-state index is -0.350. The van der Waals surface area contributed by atoms with Gasteiger partial charge in [0.05, 0.1) is 17.2 Å². The molecule has 3 aromatic carbocycles. The van der Waals surface area contributed by atoms with Crippen molar-refractivity contribution in [1.82, 2.24) is 0 Å². The van der Waals surface area contributed by atoms with Gasteiger partial charge >= 0.3 is 0 Å². The molecule has 1 aliphatic heterocycles. The predicted octanol–water partition coefficient (Wildman–Crippen LogP) is 6.44. The maximum Gasteiger partial charge on any atom is 0.256 e. The van der Waals surface area contributed by atoms with Crippen LogP contribution in [0.25, 0.3) is 11.6 Å². The van der Waals surface area contributed by atoms with Crippen LogP contribution < -0.4 is 5.32 Å². The standard InChI is InChI=1S/C29H21NO2S/c1-19-14-15-33-28(19)17-25-23-16-24(27(31)18-26(23)30-29(25)32)22(21-10-6-3-7-11-21)13-12-20-8-4-2-5-9-20/h2-11,14-18,22,31H,1H3,(H,30,32)/b25-17-. The molecule has 1 atom stereocenters. The van der Waals surface area contributed by atoms with Crippen LogP contribution in [-0.4, -0.2) is 11.0 Å². The zero-order valence-corrected chi connectivity index (χ0v) is 18.8. The molecule has 2 N–H and O–H groups in total. The number of thiophene rings is 1. The summed E-state index contributed by atoms with van der Waals surface area (Å²) in [7, 11) is 0. The summed E-state index contributed by atoms with van der Waals surface area (Å²) in [5, 5.41) is 15.8. The minimum absolute atomic E-state index is 0.110. The molecule has 1 unspecified atom stereocenters. The Labute approximate surface area is 197 Å².